The first-order valence-electron chi connectivity index (χ1n) is 8.24. The largest absolute Gasteiger partial charge is 0.310 e. The van der Waals surface area contributed by atoms with Gasteiger partial charge in [0, 0.05) is 17.2 Å². The molecule has 3 rings (SSSR count). The Labute approximate surface area is 122 Å². The van der Waals surface area contributed by atoms with Gasteiger partial charge in [0.25, 0.3) is 0 Å². The van der Waals surface area contributed by atoms with Gasteiger partial charge in [-0.3, -0.25) is 4.79 Å². The maximum atomic E-state index is 13.0. The van der Waals surface area contributed by atoms with E-state index in [0.29, 0.717) is 23.7 Å². The summed E-state index contributed by atoms with van der Waals surface area (Å²) in [4.78, 5) is 15.1. The number of fused-ring (bicyclic) bond motifs is 5. The van der Waals surface area contributed by atoms with Gasteiger partial charge in [0.2, 0.25) is 5.91 Å². The molecule has 4 atom stereocenters. The number of allylic oxidation sites excluding steroid dienone is 3. The molecule has 110 valence electrons. The molecule has 2 nitrogen and oxygen atoms in total. The fraction of sp³-hybridized carbons (Fsp3) is 0.722. The van der Waals surface area contributed by atoms with Gasteiger partial charge in [-0.05, 0) is 38.0 Å². The Hall–Kier alpha value is -1.05. The van der Waals surface area contributed by atoms with Gasteiger partial charge in [0.05, 0.1) is 5.92 Å². The second-order valence-electron chi connectivity index (χ2n) is 7.16. The monoisotopic (exact) mass is 273 g/mol. The van der Waals surface area contributed by atoms with Gasteiger partial charge < -0.3 is 4.90 Å². The van der Waals surface area contributed by atoms with Crippen molar-refractivity contribution in [3.05, 3.63) is 24.4 Å². The Morgan fingerprint density at radius 2 is 1.75 bits per heavy atom. The summed E-state index contributed by atoms with van der Waals surface area (Å²) < 4.78 is 0. The van der Waals surface area contributed by atoms with Gasteiger partial charge in [-0.2, -0.15) is 0 Å². The van der Waals surface area contributed by atoms with E-state index in [1.54, 1.807) is 0 Å². The molecule has 0 spiro atoms. The zero-order valence-corrected chi connectivity index (χ0v) is 13.1. The molecule has 2 aliphatic carbocycles. The van der Waals surface area contributed by atoms with Gasteiger partial charge >= 0.3 is 0 Å². The molecule has 3 aliphatic rings. The predicted molar refractivity (Wildman–Crippen MR) is 81.9 cm³/mol. The second-order valence-corrected chi connectivity index (χ2v) is 7.16. The van der Waals surface area contributed by atoms with E-state index >= 15 is 0 Å². The summed E-state index contributed by atoms with van der Waals surface area (Å²) in [6.07, 6.45) is 10.2. The highest BCUT2D eigenvalue weighted by molar-refractivity contribution is 5.87. The molecule has 1 saturated carbocycles. The maximum absolute atomic E-state index is 13.0. The van der Waals surface area contributed by atoms with Crippen LogP contribution in [0.3, 0.4) is 0 Å². The van der Waals surface area contributed by atoms with Crippen molar-refractivity contribution < 1.29 is 4.79 Å². The number of carbonyl (C=O) groups excluding carboxylic acids is 1. The third-order valence-electron chi connectivity index (χ3n) is 5.75. The minimum atomic E-state index is -0.0263. The molecule has 1 saturated heterocycles. The van der Waals surface area contributed by atoms with Crippen LogP contribution in [0, 0.1) is 23.7 Å². The summed E-state index contributed by atoms with van der Waals surface area (Å²) in [5.74, 6) is 2.00. The summed E-state index contributed by atoms with van der Waals surface area (Å²) in [6.45, 7) is 11.0. The number of hydrogen-bond donors (Lipinski definition) is 0. The maximum Gasteiger partial charge on any atom is 0.231 e. The number of amides is 1. The topological polar surface area (TPSA) is 20.3 Å². The normalized spacial score (nSPS) is 35.2. The van der Waals surface area contributed by atoms with Crippen LogP contribution in [-0.2, 0) is 4.79 Å². The lowest BCUT2D eigenvalue weighted by atomic mass is 9.84. The van der Waals surface area contributed by atoms with Crippen LogP contribution in [0.1, 0.15) is 52.9 Å². The van der Waals surface area contributed by atoms with E-state index in [1.165, 1.54) is 6.42 Å². The predicted octanol–water partition coefficient (Wildman–Crippen LogP) is 4.14. The third-order valence-corrected chi connectivity index (χ3v) is 5.75. The van der Waals surface area contributed by atoms with Crippen LogP contribution >= 0.6 is 0 Å². The molecule has 0 N–H and O–H groups in total. The molecule has 1 amide bonds. The molecule has 1 aliphatic heterocycles. The average molecular weight is 273 g/mol. The number of hydrogen-bond acceptors (Lipinski definition) is 1. The number of rotatable bonds is 5. The van der Waals surface area contributed by atoms with Crippen LogP contribution in [0.25, 0.3) is 0 Å². The number of likely N-dealkylation sites (tertiary alicyclic amines) is 1. The molecule has 2 fully saturated rings. The minimum absolute atomic E-state index is 0.0263. The smallest absolute Gasteiger partial charge is 0.231 e. The highest BCUT2D eigenvalue weighted by Gasteiger charge is 2.58. The second kappa shape index (κ2) is 4.75. The van der Waals surface area contributed by atoms with E-state index in [2.05, 4.69) is 44.4 Å². The van der Waals surface area contributed by atoms with Crippen molar-refractivity contribution in [2.75, 3.05) is 0 Å². The Bertz CT molecular complexity index is 428. The van der Waals surface area contributed by atoms with E-state index in [9.17, 15) is 4.79 Å². The highest BCUT2D eigenvalue weighted by atomic mass is 16.2. The Balaban J connectivity index is 1.92. The van der Waals surface area contributed by atoms with Gasteiger partial charge in [-0.15, -0.1) is 0 Å². The van der Waals surface area contributed by atoms with Gasteiger partial charge in [-0.1, -0.05) is 45.4 Å². The number of carbonyl (C=O) groups is 1. The van der Waals surface area contributed by atoms with Crippen molar-refractivity contribution in [3.8, 4) is 0 Å². The summed E-state index contributed by atoms with van der Waals surface area (Å²) in [6, 6.07) is 0. The van der Waals surface area contributed by atoms with Crippen molar-refractivity contribution in [2.24, 2.45) is 23.7 Å². The van der Waals surface area contributed by atoms with Crippen molar-refractivity contribution in [1.29, 1.82) is 0 Å². The standard InChI is InChI=1S/C18H27NO/c1-5-9-18(4,10-6-2)19-12(3)15-13-7-8-14(11-13)16(15)17(19)20/h7-8,13-16H,3,5-6,9-11H2,1-2,4H3. The highest BCUT2D eigenvalue weighted by Crippen LogP contribution is 2.57. The van der Waals surface area contributed by atoms with Crippen LogP contribution in [0.15, 0.2) is 24.4 Å². The first-order chi connectivity index (χ1) is 9.53. The van der Waals surface area contributed by atoms with E-state index in [0.717, 1.165) is 31.4 Å². The molecule has 20 heavy (non-hydrogen) atoms. The average Bonchev–Trinajstić information content (AvgIpc) is 3.04. The molecular formula is C18H27NO. The Kier molecular flexibility index (Phi) is 3.30. The van der Waals surface area contributed by atoms with E-state index < -0.39 is 0 Å². The molecule has 0 aromatic rings. The molecule has 2 bridgehead atoms. The number of nitrogens with zero attached hydrogens (tertiary/aromatic N) is 1. The SMILES string of the molecule is C=C1C2C3C=CC(C3)C2C(=O)N1C(C)(CCC)CCC. The zero-order valence-electron chi connectivity index (χ0n) is 13.1. The molecule has 2 heteroatoms. The lowest BCUT2D eigenvalue weighted by Crippen LogP contribution is -2.47. The van der Waals surface area contributed by atoms with Crippen molar-refractivity contribution in [3.63, 3.8) is 0 Å². The van der Waals surface area contributed by atoms with Crippen LogP contribution in [0.4, 0.5) is 0 Å². The van der Waals surface area contributed by atoms with Gasteiger partial charge in [0.1, 0.15) is 0 Å². The summed E-state index contributed by atoms with van der Waals surface area (Å²) in [7, 11) is 0. The Morgan fingerprint density at radius 1 is 1.20 bits per heavy atom. The first kappa shape index (κ1) is 13.9. The molecule has 0 radical (unpaired) electrons. The first-order valence-corrected chi connectivity index (χ1v) is 8.24. The Morgan fingerprint density at radius 3 is 2.25 bits per heavy atom. The van der Waals surface area contributed by atoms with E-state index in [-0.39, 0.29) is 11.5 Å². The van der Waals surface area contributed by atoms with E-state index in [1.807, 2.05) is 0 Å². The fourth-order valence-electron chi connectivity index (χ4n) is 5.09. The molecule has 4 unspecified atom stereocenters. The van der Waals surface area contributed by atoms with Crippen LogP contribution < -0.4 is 0 Å². The summed E-state index contributed by atoms with van der Waals surface area (Å²) in [5.41, 5.74) is 1.09. The van der Waals surface area contributed by atoms with Crippen molar-refractivity contribution in [2.45, 2.75) is 58.4 Å². The zero-order chi connectivity index (χ0) is 14.5. The van der Waals surface area contributed by atoms with Crippen molar-refractivity contribution >= 4 is 5.91 Å². The van der Waals surface area contributed by atoms with Crippen molar-refractivity contribution in [1.82, 2.24) is 4.90 Å². The van der Waals surface area contributed by atoms with Crippen LogP contribution in [0.5, 0.6) is 0 Å². The van der Waals surface area contributed by atoms with E-state index in [4.69, 9.17) is 0 Å². The molecule has 1 heterocycles. The molecule has 0 aromatic carbocycles. The summed E-state index contributed by atoms with van der Waals surface area (Å²) >= 11 is 0. The molecular weight excluding hydrogens is 246 g/mol. The fourth-order valence-corrected chi connectivity index (χ4v) is 5.09. The van der Waals surface area contributed by atoms with Crippen LogP contribution in [0.2, 0.25) is 0 Å². The lowest BCUT2D eigenvalue weighted by molar-refractivity contribution is -0.135. The summed E-state index contributed by atoms with van der Waals surface area (Å²) in [5, 5.41) is 0. The minimum Gasteiger partial charge on any atom is -0.310 e. The van der Waals surface area contributed by atoms with Crippen LogP contribution in [-0.4, -0.2) is 16.3 Å². The quantitative estimate of drug-likeness (QED) is 0.689. The van der Waals surface area contributed by atoms with Gasteiger partial charge in [-0.25, -0.2) is 0 Å². The molecule has 0 aromatic heterocycles. The third kappa shape index (κ3) is 1.73. The van der Waals surface area contributed by atoms with Gasteiger partial charge in [0.15, 0.2) is 0 Å². The lowest BCUT2D eigenvalue weighted by Gasteiger charge is -2.40.